The molecular weight excluding hydrogens is 447 g/mol. The Morgan fingerprint density at radius 3 is 1.87 bits per heavy atom. The Kier molecular flexibility index (Phi) is 6.10. The largest absolute Gasteiger partial charge is 0.495 e. The molecule has 8 heteroatoms. The number of pyridine rings is 2. The van der Waals surface area contributed by atoms with Crippen LogP contribution in [0, 0.1) is 0 Å². The lowest BCUT2D eigenvalue weighted by molar-refractivity contribution is 0.00578. The number of halogens is 1. The minimum absolute atomic E-state index is 0.321. The molecule has 1 saturated heterocycles. The quantitative estimate of drug-likeness (QED) is 0.601. The lowest BCUT2D eigenvalue weighted by Gasteiger charge is -2.32. The van der Waals surface area contributed by atoms with Gasteiger partial charge in [0.15, 0.2) is 0 Å². The number of aromatic nitrogens is 2. The van der Waals surface area contributed by atoms with Crippen LogP contribution in [0.1, 0.15) is 53.4 Å². The van der Waals surface area contributed by atoms with Gasteiger partial charge in [0.05, 0.1) is 11.2 Å². The number of hydrogen-bond donors (Lipinski definition) is 0. The minimum Gasteiger partial charge on any atom is -0.474 e. The summed E-state index contributed by atoms with van der Waals surface area (Å²) in [6.45, 7) is 8.21. The molecule has 1 aliphatic heterocycles. The maximum Gasteiger partial charge on any atom is 0.495 e. The predicted octanol–water partition coefficient (Wildman–Crippen LogP) is 4.31. The third-order valence-electron chi connectivity index (χ3n) is 5.60. The zero-order valence-corrected chi connectivity index (χ0v) is 19.5. The Hall–Kier alpha value is -1.64. The maximum atomic E-state index is 6.02. The summed E-state index contributed by atoms with van der Waals surface area (Å²) in [7, 11) is -0.352. The first kappa shape index (κ1) is 21.6. The second-order valence-corrected chi connectivity index (χ2v) is 9.88. The molecule has 2 saturated carbocycles. The van der Waals surface area contributed by atoms with Crippen molar-refractivity contribution < 1.29 is 18.8 Å². The van der Waals surface area contributed by atoms with E-state index in [0.717, 1.165) is 28.7 Å². The van der Waals surface area contributed by atoms with Gasteiger partial charge in [-0.2, -0.15) is 0 Å². The van der Waals surface area contributed by atoms with Crippen molar-refractivity contribution in [3.8, 4) is 11.8 Å². The van der Waals surface area contributed by atoms with E-state index in [2.05, 4.69) is 53.6 Å². The molecule has 0 radical (unpaired) electrons. The van der Waals surface area contributed by atoms with Crippen molar-refractivity contribution in [1.29, 1.82) is 0 Å². The summed E-state index contributed by atoms with van der Waals surface area (Å²) in [6, 6.07) is 7.61. The van der Waals surface area contributed by atoms with Gasteiger partial charge >= 0.3 is 7.12 Å². The van der Waals surface area contributed by atoms with Crippen molar-refractivity contribution in [2.45, 2.75) is 76.8 Å². The lowest BCUT2D eigenvalue weighted by Crippen LogP contribution is -2.41. The van der Waals surface area contributed by atoms with E-state index >= 15 is 0 Å². The summed E-state index contributed by atoms with van der Waals surface area (Å²) in [4.78, 5) is 8.30. The summed E-state index contributed by atoms with van der Waals surface area (Å²) in [5, 5.41) is 0. The molecule has 2 aromatic rings. The van der Waals surface area contributed by atoms with Crippen molar-refractivity contribution in [2.24, 2.45) is 0 Å². The minimum atomic E-state index is -0.352. The Balaban J connectivity index is 0.000000168. The molecule has 0 atom stereocenters. The molecule has 3 fully saturated rings. The summed E-state index contributed by atoms with van der Waals surface area (Å²) < 4.78 is 24.2. The molecule has 0 bridgehead atoms. The average Bonchev–Trinajstić information content (AvgIpc) is 3.59. The summed E-state index contributed by atoms with van der Waals surface area (Å²) >= 11 is 3.35. The summed E-state index contributed by atoms with van der Waals surface area (Å²) in [5.41, 5.74) is 0.320. The van der Waals surface area contributed by atoms with E-state index in [1.807, 2.05) is 24.3 Å². The fourth-order valence-electron chi connectivity index (χ4n) is 2.78. The van der Waals surface area contributed by atoms with Crippen molar-refractivity contribution in [1.82, 2.24) is 9.97 Å². The van der Waals surface area contributed by atoms with Crippen LogP contribution in [-0.4, -0.2) is 40.5 Å². The third kappa shape index (κ3) is 5.53. The molecule has 160 valence electrons. The van der Waals surface area contributed by atoms with Crippen molar-refractivity contribution in [3.63, 3.8) is 0 Å². The van der Waals surface area contributed by atoms with Gasteiger partial charge in [-0.1, -0.05) is 15.9 Å². The zero-order valence-electron chi connectivity index (χ0n) is 17.9. The summed E-state index contributed by atoms with van der Waals surface area (Å²) in [5.74, 6) is 1.39. The van der Waals surface area contributed by atoms with Gasteiger partial charge in [-0.3, -0.25) is 0 Å². The first-order valence-corrected chi connectivity index (χ1v) is 11.3. The van der Waals surface area contributed by atoms with Crippen LogP contribution in [0.15, 0.2) is 41.1 Å². The Bertz CT molecular complexity index is 871. The van der Waals surface area contributed by atoms with E-state index in [4.69, 9.17) is 18.8 Å². The molecule has 2 aliphatic carbocycles. The average molecular weight is 475 g/mol. The van der Waals surface area contributed by atoms with Gasteiger partial charge in [0.25, 0.3) is 0 Å². The van der Waals surface area contributed by atoms with Gasteiger partial charge in [0.1, 0.15) is 12.2 Å². The molecule has 0 amide bonds. The Labute approximate surface area is 187 Å². The first-order valence-electron chi connectivity index (χ1n) is 10.5. The van der Waals surface area contributed by atoms with E-state index in [0.29, 0.717) is 18.1 Å². The molecule has 30 heavy (non-hydrogen) atoms. The molecule has 3 heterocycles. The molecular formula is C22H28BBrN2O4. The molecule has 0 N–H and O–H groups in total. The van der Waals surface area contributed by atoms with Crippen molar-refractivity contribution in [3.05, 3.63) is 41.1 Å². The Morgan fingerprint density at radius 2 is 1.37 bits per heavy atom. The monoisotopic (exact) mass is 474 g/mol. The summed E-state index contributed by atoms with van der Waals surface area (Å²) in [6.07, 6.45) is 8.87. The van der Waals surface area contributed by atoms with Crippen LogP contribution in [0.4, 0.5) is 0 Å². The fraction of sp³-hybridized carbons (Fsp3) is 0.545. The van der Waals surface area contributed by atoms with Crippen LogP contribution < -0.4 is 14.9 Å². The van der Waals surface area contributed by atoms with E-state index in [1.165, 1.54) is 12.8 Å². The molecule has 6 nitrogen and oxygen atoms in total. The molecule has 0 unspecified atom stereocenters. The normalized spacial score (nSPS) is 21.6. The van der Waals surface area contributed by atoms with Gasteiger partial charge in [-0.15, -0.1) is 0 Å². The van der Waals surface area contributed by atoms with E-state index in [-0.39, 0.29) is 18.3 Å². The highest BCUT2D eigenvalue weighted by molar-refractivity contribution is 9.10. The van der Waals surface area contributed by atoms with Crippen LogP contribution in [-0.2, 0) is 9.31 Å². The number of rotatable bonds is 5. The van der Waals surface area contributed by atoms with Gasteiger partial charge in [-0.25, -0.2) is 9.97 Å². The van der Waals surface area contributed by atoms with Crippen LogP contribution >= 0.6 is 15.9 Å². The fourth-order valence-corrected chi connectivity index (χ4v) is 3.09. The van der Waals surface area contributed by atoms with Gasteiger partial charge < -0.3 is 18.8 Å². The van der Waals surface area contributed by atoms with E-state index in [9.17, 15) is 0 Å². The molecule has 2 aromatic heterocycles. The second kappa shape index (κ2) is 8.48. The lowest BCUT2D eigenvalue weighted by atomic mass is 9.80. The van der Waals surface area contributed by atoms with E-state index in [1.54, 1.807) is 12.4 Å². The first-order chi connectivity index (χ1) is 14.2. The number of hydrogen-bond acceptors (Lipinski definition) is 6. The zero-order chi connectivity index (χ0) is 21.4. The molecule has 3 aliphatic rings. The van der Waals surface area contributed by atoms with Crippen molar-refractivity contribution >= 4 is 28.5 Å². The van der Waals surface area contributed by atoms with Gasteiger partial charge in [0, 0.05) is 29.0 Å². The highest BCUT2D eigenvalue weighted by atomic mass is 79.9. The standard InChI is InChI=1S/C14H20BNO3.C8H8BrNO/c1-13(2)14(3,4)19-15(18-13)10-7-8-16-12(9-10)17-11-5-6-11;9-6-3-4-10-8(5-6)11-7-1-2-7/h7-9,11H,5-6H2,1-4H3;3-5,7H,1-2H2. The van der Waals surface area contributed by atoms with Crippen LogP contribution in [0.5, 0.6) is 11.8 Å². The van der Waals surface area contributed by atoms with Crippen LogP contribution in [0.25, 0.3) is 0 Å². The smallest absolute Gasteiger partial charge is 0.474 e. The van der Waals surface area contributed by atoms with E-state index < -0.39 is 0 Å². The number of ether oxygens (including phenoxy) is 2. The van der Waals surface area contributed by atoms with Crippen LogP contribution in [0.2, 0.25) is 0 Å². The predicted molar refractivity (Wildman–Crippen MR) is 119 cm³/mol. The second-order valence-electron chi connectivity index (χ2n) is 8.96. The van der Waals surface area contributed by atoms with Crippen molar-refractivity contribution in [2.75, 3.05) is 0 Å². The van der Waals surface area contributed by atoms with Gasteiger partial charge in [0.2, 0.25) is 11.8 Å². The highest BCUT2D eigenvalue weighted by Gasteiger charge is 2.51. The Morgan fingerprint density at radius 1 is 0.867 bits per heavy atom. The molecule has 0 aromatic carbocycles. The van der Waals surface area contributed by atoms with Gasteiger partial charge in [-0.05, 0) is 71.0 Å². The van der Waals surface area contributed by atoms with Crippen LogP contribution in [0.3, 0.4) is 0 Å². The topological polar surface area (TPSA) is 62.7 Å². The SMILES string of the molecule is Brc1ccnc(OC2CC2)c1.CC1(C)OB(c2ccnc(OC3CC3)c2)OC1(C)C. The molecule has 0 spiro atoms. The maximum absolute atomic E-state index is 6.02. The number of nitrogens with zero attached hydrogens (tertiary/aromatic N) is 2. The molecule has 5 rings (SSSR count). The third-order valence-corrected chi connectivity index (χ3v) is 6.10. The highest BCUT2D eigenvalue weighted by Crippen LogP contribution is 2.36.